The summed E-state index contributed by atoms with van der Waals surface area (Å²) in [4.78, 5) is 26.1. The maximum Gasteiger partial charge on any atom is 0.223 e. The van der Waals surface area contributed by atoms with Gasteiger partial charge in [0.2, 0.25) is 11.8 Å². The Morgan fingerprint density at radius 1 is 1.32 bits per heavy atom. The number of fused-ring (bicyclic) bond motifs is 1. The van der Waals surface area contributed by atoms with E-state index in [1.54, 1.807) is 18.0 Å². The Labute approximate surface area is 149 Å². The van der Waals surface area contributed by atoms with Crippen LogP contribution in [0.15, 0.2) is 30.5 Å². The molecule has 3 rings (SSSR count). The summed E-state index contributed by atoms with van der Waals surface area (Å²) < 4.78 is 0. The van der Waals surface area contributed by atoms with E-state index in [2.05, 4.69) is 10.6 Å². The van der Waals surface area contributed by atoms with Crippen LogP contribution in [-0.4, -0.2) is 36.3 Å². The Kier molecular flexibility index (Phi) is 5.87. The summed E-state index contributed by atoms with van der Waals surface area (Å²) >= 11 is 0. The first-order chi connectivity index (χ1) is 12.1. The van der Waals surface area contributed by atoms with Crippen molar-refractivity contribution in [2.24, 2.45) is 5.92 Å². The summed E-state index contributed by atoms with van der Waals surface area (Å²) in [5.41, 5.74) is 2.11. The molecule has 2 unspecified atom stereocenters. The zero-order valence-corrected chi connectivity index (χ0v) is 14.8. The van der Waals surface area contributed by atoms with Gasteiger partial charge in [0.1, 0.15) is 0 Å². The first-order valence-corrected chi connectivity index (χ1v) is 9.18. The number of nitrogens with zero attached hydrogens (tertiary/aromatic N) is 1. The highest BCUT2D eigenvalue weighted by atomic mass is 16.2. The molecule has 5 nitrogen and oxygen atoms in total. The first-order valence-electron chi connectivity index (χ1n) is 9.18. The van der Waals surface area contributed by atoms with Gasteiger partial charge in [-0.15, -0.1) is 0 Å². The smallest absolute Gasteiger partial charge is 0.223 e. The second kappa shape index (κ2) is 8.30. The van der Waals surface area contributed by atoms with Gasteiger partial charge in [-0.05, 0) is 55.5 Å². The van der Waals surface area contributed by atoms with Crippen molar-refractivity contribution in [2.45, 2.75) is 38.6 Å². The van der Waals surface area contributed by atoms with Gasteiger partial charge < -0.3 is 15.5 Å². The number of amides is 2. The van der Waals surface area contributed by atoms with Crippen molar-refractivity contribution in [1.82, 2.24) is 15.5 Å². The molecule has 2 heterocycles. The number of hydrogen-bond donors (Lipinski definition) is 2. The van der Waals surface area contributed by atoms with Gasteiger partial charge in [0.25, 0.3) is 0 Å². The second-order valence-electron chi connectivity index (χ2n) is 6.94. The molecule has 0 spiro atoms. The Morgan fingerprint density at radius 3 is 2.92 bits per heavy atom. The minimum atomic E-state index is -0.227. The minimum absolute atomic E-state index is 0.00474. The summed E-state index contributed by atoms with van der Waals surface area (Å²) in [6.07, 6.45) is 7.48. The molecule has 0 radical (unpaired) electrons. The van der Waals surface area contributed by atoms with Crippen molar-refractivity contribution in [3.63, 3.8) is 0 Å². The molecule has 1 aromatic rings. The molecule has 1 saturated heterocycles. The Bertz CT molecular complexity index is 650. The van der Waals surface area contributed by atoms with E-state index in [1.807, 2.05) is 30.3 Å². The zero-order valence-electron chi connectivity index (χ0n) is 14.8. The van der Waals surface area contributed by atoms with Gasteiger partial charge >= 0.3 is 0 Å². The lowest BCUT2D eigenvalue weighted by atomic mass is 9.93. The number of rotatable bonds is 5. The van der Waals surface area contributed by atoms with E-state index >= 15 is 0 Å². The molecule has 2 atom stereocenters. The van der Waals surface area contributed by atoms with Crippen LogP contribution < -0.4 is 10.6 Å². The van der Waals surface area contributed by atoms with E-state index in [4.69, 9.17) is 0 Å². The normalized spacial score (nSPS) is 22.4. The van der Waals surface area contributed by atoms with Crippen molar-refractivity contribution in [1.29, 1.82) is 0 Å². The average molecular weight is 341 g/mol. The summed E-state index contributed by atoms with van der Waals surface area (Å²) in [7, 11) is 0. The molecule has 2 amide bonds. The SMILES string of the molecule is CC(=O)N1C=Cc2ccccc2C1CC(=O)NCCC1CCCNC1. The topological polar surface area (TPSA) is 61.4 Å². The lowest BCUT2D eigenvalue weighted by Gasteiger charge is -2.32. The monoisotopic (exact) mass is 341 g/mol. The van der Waals surface area contributed by atoms with Gasteiger partial charge in [-0.3, -0.25) is 9.59 Å². The van der Waals surface area contributed by atoms with Crippen LogP contribution >= 0.6 is 0 Å². The highest BCUT2D eigenvalue weighted by Crippen LogP contribution is 2.32. The third-order valence-electron chi connectivity index (χ3n) is 5.12. The molecule has 2 aliphatic heterocycles. The van der Waals surface area contributed by atoms with E-state index in [0.29, 0.717) is 18.9 Å². The van der Waals surface area contributed by atoms with Crippen molar-refractivity contribution in [3.05, 3.63) is 41.6 Å². The van der Waals surface area contributed by atoms with Crippen LogP contribution in [0.4, 0.5) is 0 Å². The fraction of sp³-hybridized carbons (Fsp3) is 0.500. The molecule has 5 heteroatoms. The number of carbonyl (C=O) groups excluding carboxylic acids is 2. The Hall–Kier alpha value is -2.14. The van der Waals surface area contributed by atoms with Crippen molar-refractivity contribution >= 4 is 17.9 Å². The second-order valence-corrected chi connectivity index (χ2v) is 6.94. The summed E-state index contributed by atoms with van der Waals surface area (Å²) in [5, 5.41) is 6.44. The Morgan fingerprint density at radius 2 is 2.16 bits per heavy atom. The fourth-order valence-corrected chi connectivity index (χ4v) is 3.75. The predicted octanol–water partition coefficient (Wildman–Crippen LogP) is 2.46. The van der Waals surface area contributed by atoms with Gasteiger partial charge in [0.15, 0.2) is 0 Å². The highest BCUT2D eigenvalue weighted by Gasteiger charge is 2.28. The predicted molar refractivity (Wildman–Crippen MR) is 98.6 cm³/mol. The van der Waals surface area contributed by atoms with Crippen LogP contribution in [0.2, 0.25) is 0 Å². The third-order valence-corrected chi connectivity index (χ3v) is 5.12. The first kappa shape index (κ1) is 17.7. The highest BCUT2D eigenvalue weighted by molar-refractivity contribution is 5.81. The minimum Gasteiger partial charge on any atom is -0.356 e. The maximum absolute atomic E-state index is 12.4. The molecule has 0 bridgehead atoms. The summed E-state index contributed by atoms with van der Waals surface area (Å²) in [5.74, 6) is 0.614. The number of hydrogen-bond acceptors (Lipinski definition) is 3. The van der Waals surface area contributed by atoms with Gasteiger partial charge in [-0.25, -0.2) is 0 Å². The van der Waals surface area contributed by atoms with Crippen LogP contribution in [0.3, 0.4) is 0 Å². The molecule has 0 saturated carbocycles. The third kappa shape index (κ3) is 4.48. The Balaban J connectivity index is 1.58. The number of carbonyl (C=O) groups is 2. The van der Waals surface area contributed by atoms with Crippen molar-refractivity contribution < 1.29 is 9.59 Å². The van der Waals surface area contributed by atoms with Crippen molar-refractivity contribution in [2.75, 3.05) is 19.6 Å². The molecule has 25 heavy (non-hydrogen) atoms. The lowest BCUT2D eigenvalue weighted by Crippen LogP contribution is -2.36. The van der Waals surface area contributed by atoms with E-state index in [0.717, 1.165) is 30.6 Å². The molecule has 2 aliphatic rings. The van der Waals surface area contributed by atoms with Crippen LogP contribution in [-0.2, 0) is 9.59 Å². The van der Waals surface area contributed by atoms with Gasteiger partial charge in [-0.2, -0.15) is 0 Å². The molecule has 0 aromatic heterocycles. The number of benzene rings is 1. The van der Waals surface area contributed by atoms with Crippen molar-refractivity contribution in [3.8, 4) is 0 Å². The van der Waals surface area contributed by atoms with Gasteiger partial charge in [0.05, 0.1) is 12.5 Å². The molecular formula is C20H27N3O2. The number of piperidine rings is 1. The van der Waals surface area contributed by atoms with E-state index in [-0.39, 0.29) is 17.9 Å². The van der Waals surface area contributed by atoms with Gasteiger partial charge in [-0.1, -0.05) is 24.3 Å². The van der Waals surface area contributed by atoms with Crippen LogP contribution in [0.5, 0.6) is 0 Å². The largest absolute Gasteiger partial charge is 0.356 e. The zero-order chi connectivity index (χ0) is 17.6. The standard InChI is InChI=1S/C20H27N3O2/c1-15(24)23-12-9-17-6-2-3-7-18(17)19(23)13-20(25)22-11-8-16-5-4-10-21-14-16/h2-3,6-7,9,12,16,19,21H,4-5,8,10-11,13-14H2,1H3,(H,22,25). The van der Waals surface area contributed by atoms with E-state index in [9.17, 15) is 9.59 Å². The van der Waals surface area contributed by atoms with Gasteiger partial charge in [0, 0.05) is 19.7 Å². The lowest BCUT2D eigenvalue weighted by molar-refractivity contribution is -0.129. The average Bonchev–Trinajstić information content (AvgIpc) is 2.62. The maximum atomic E-state index is 12.4. The molecule has 2 N–H and O–H groups in total. The molecule has 1 aromatic carbocycles. The summed E-state index contributed by atoms with van der Waals surface area (Å²) in [6, 6.07) is 7.72. The summed E-state index contributed by atoms with van der Waals surface area (Å²) in [6.45, 7) is 4.40. The fourth-order valence-electron chi connectivity index (χ4n) is 3.75. The quantitative estimate of drug-likeness (QED) is 0.865. The van der Waals surface area contributed by atoms with Crippen LogP contribution in [0.1, 0.15) is 49.8 Å². The molecular weight excluding hydrogens is 314 g/mol. The molecule has 1 fully saturated rings. The van der Waals surface area contributed by atoms with E-state index in [1.165, 1.54) is 12.8 Å². The van der Waals surface area contributed by atoms with Crippen LogP contribution in [0.25, 0.3) is 6.08 Å². The molecule has 0 aliphatic carbocycles. The molecule has 134 valence electrons. The number of nitrogens with one attached hydrogen (secondary N) is 2. The van der Waals surface area contributed by atoms with Crippen LogP contribution in [0, 0.1) is 5.92 Å². The van der Waals surface area contributed by atoms with E-state index < -0.39 is 0 Å².